The Labute approximate surface area is 118 Å². The van der Waals surface area contributed by atoms with Gasteiger partial charge >= 0.3 is 0 Å². The molecule has 0 spiro atoms. The Kier molecular flexibility index (Phi) is 3.30. The Morgan fingerprint density at radius 1 is 1.35 bits per heavy atom. The Morgan fingerprint density at radius 3 is 2.75 bits per heavy atom. The fourth-order valence-corrected chi connectivity index (χ4v) is 2.52. The standard InChI is InChI=1S/C16H19N3O/c1-18(2)11-10-15(20)16-17-13-8-3-4-9-14(13)19(16)12-6-5-7-12/h3-4,8-12H,5-7H2,1-2H3/b11-10+. The van der Waals surface area contributed by atoms with E-state index in [-0.39, 0.29) is 5.78 Å². The molecule has 104 valence electrons. The van der Waals surface area contributed by atoms with E-state index in [0.29, 0.717) is 11.9 Å². The van der Waals surface area contributed by atoms with Gasteiger partial charge in [-0.2, -0.15) is 0 Å². The zero-order valence-electron chi connectivity index (χ0n) is 11.9. The highest BCUT2D eigenvalue weighted by Crippen LogP contribution is 2.35. The summed E-state index contributed by atoms with van der Waals surface area (Å²) in [6.45, 7) is 0. The van der Waals surface area contributed by atoms with Crippen molar-refractivity contribution in [3.8, 4) is 0 Å². The number of fused-ring (bicyclic) bond motifs is 1. The summed E-state index contributed by atoms with van der Waals surface area (Å²) >= 11 is 0. The molecule has 20 heavy (non-hydrogen) atoms. The normalized spacial score (nSPS) is 15.7. The van der Waals surface area contributed by atoms with E-state index in [1.807, 2.05) is 43.3 Å². The number of para-hydroxylation sites is 2. The first kappa shape index (κ1) is 12.9. The number of ketones is 1. The summed E-state index contributed by atoms with van der Waals surface area (Å²) in [5.41, 5.74) is 1.97. The molecule has 1 aliphatic carbocycles. The summed E-state index contributed by atoms with van der Waals surface area (Å²) in [5, 5.41) is 0. The fraction of sp³-hybridized carbons (Fsp3) is 0.375. The molecule has 1 saturated carbocycles. The molecule has 1 fully saturated rings. The Balaban J connectivity index is 2.07. The van der Waals surface area contributed by atoms with Gasteiger partial charge in [-0.15, -0.1) is 0 Å². The van der Waals surface area contributed by atoms with Gasteiger partial charge in [0.15, 0.2) is 5.82 Å². The lowest BCUT2D eigenvalue weighted by Crippen LogP contribution is -2.21. The lowest BCUT2D eigenvalue weighted by atomic mass is 9.92. The number of rotatable bonds is 4. The lowest BCUT2D eigenvalue weighted by Gasteiger charge is -2.28. The van der Waals surface area contributed by atoms with Crippen molar-refractivity contribution in [3.63, 3.8) is 0 Å². The third-order valence-corrected chi connectivity index (χ3v) is 3.78. The molecular formula is C16H19N3O. The van der Waals surface area contributed by atoms with Crippen LogP contribution in [0.5, 0.6) is 0 Å². The van der Waals surface area contributed by atoms with E-state index in [4.69, 9.17) is 0 Å². The molecule has 0 atom stereocenters. The van der Waals surface area contributed by atoms with Crippen molar-refractivity contribution in [3.05, 3.63) is 42.4 Å². The zero-order chi connectivity index (χ0) is 14.1. The van der Waals surface area contributed by atoms with Crippen molar-refractivity contribution >= 4 is 16.8 Å². The highest BCUT2D eigenvalue weighted by molar-refractivity contribution is 6.04. The van der Waals surface area contributed by atoms with Gasteiger partial charge in [0.1, 0.15) is 0 Å². The maximum Gasteiger partial charge on any atom is 0.222 e. The molecule has 0 unspecified atom stereocenters. The number of aromatic nitrogens is 2. The molecule has 1 heterocycles. The topological polar surface area (TPSA) is 38.1 Å². The van der Waals surface area contributed by atoms with Crippen LogP contribution in [0.4, 0.5) is 0 Å². The molecular weight excluding hydrogens is 250 g/mol. The Morgan fingerprint density at radius 2 is 2.10 bits per heavy atom. The average Bonchev–Trinajstić information content (AvgIpc) is 2.74. The number of benzene rings is 1. The summed E-state index contributed by atoms with van der Waals surface area (Å²) in [4.78, 5) is 18.8. The van der Waals surface area contributed by atoms with Gasteiger partial charge in [0, 0.05) is 32.4 Å². The van der Waals surface area contributed by atoms with Gasteiger partial charge in [-0.1, -0.05) is 12.1 Å². The highest BCUT2D eigenvalue weighted by Gasteiger charge is 2.26. The Bertz CT molecular complexity index is 665. The van der Waals surface area contributed by atoms with Crippen LogP contribution in [0.2, 0.25) is 0 Å². The van der Waals surface area contributed by atoms with Crippen LogP contribution < -0.4 is 0 Å². The molecule has 2 aromatic rings. The summed E-state index contributed by atoms with van der Waals surface area (Å²) in [5.74, 6) is 0.538. The average molecular weight is 269 g/mol. The van der Waals surface area contributed by atoms with E-state index in [2.05, 4.69) is 9.55 Å². The SMILES string of the molecule is CN(C)/C=C/C(=O)c1nc2ccccc2n1C1CCC1. The minimum Gasteiger partial charge on any atom is -0.383 e. The number of imidazole rings is 1. The molecule has 0 radical (unpaired) electrons. The first-order valence-corrected chi connectivity index (χ1v) is 7.03. The molecule has 4 heteroatoms. The number of allylic oxidation sites excluding steroid dienone is 1. The molecule has 3 rings (SSSR count). The van der Waals surface area contributed by atoms with Crippen molar-refractivity contribution in [1.29, 1.82) is 0 Å². The van der Waals surface area contributed by atoms with Crippen LogP contribution in [0.15, 0.2) is 36.5 Å². The predicted octanol–water partition coefficient (Wildman–Crippen LogP) is 3.02. The first-order chi connectivity index (χ1) is 9.66. The molecule has 0 aliphatic heterocycles. The number of carbonyl (C=O) groups is 1. The quantitative estimate of drug-likeness (QED) is 0.632. The molecule has 0 bridgehead atoms. The Hall–Kier alpha value is -2.10. The third kappa shape index (κ3) is 2.22. The highest BCUT2D eigenvalue weighted by atomic mass is 16.1. The van der Waals surface area contributed by atoms with Crippen molar-refractivity contribution < 1.29 is 4.79 Å². The van der Waals surface area contributed by atoms with Gasteiger partial charge in [0.05, 0.1) is 11.0 Å². The van der Waals surface area contributed by atoms with Crippen LogP contribution in [-0.4, -0.2) is 34.3 Å². The van der Waals surface area contributed by atoms with E-state index < -0.39 is 0 Å². The molecule has 4 nitrogen and oxygen atoms in total. The minimum atomic E-state index is -0.0261. The predicted molar refractivity (Wildman–Crippen MR) is 79.8 cm³/mol. The van der Waals surface area contributed by atoms with E-state index in [0.717, 1.165) is 23.9 Å². The molecule has 0 saturated heterocycles. The van der Waals surface area contributed by atoms with Crippen molar-refractivity contribution in [1.82, 2.24) is 14.5 Å². The van der Waals surface area contributed by atoms with Crippen LogP contribution in [0, 0.1) is 0 Å². The number of hydrogen-bond acceptors (Lipinski definition) is 3. The summed E-state index contributed by atoms with van der Waals surface area (Å²) < 4.78 is 2.13. The van der Waals surface area contributed by atoms with Crippen molar-refractivity contribution in [2.24, 2.45) is 0 Å². The monoisotopic (exact) mass is 269 g/mol. The maximum atomic E-state index is 12.4. The van der Waals surface area contributed by atoms with E-state index in [9.17, 15) is 4.79 Å². The van der Waals surface area contributed by atoms with Gasteiger partial charge in [0.2, 0.25) is 5.78 Å². The van der Waals surface area contributed by atoms with E-state index in [1.165, 1.54) is 6.42 Å². The second-order valence-corrected chi connectivity index (χ2v) is 5.52. The molecule has 0 N–H and O–H groups in total. The van der Waals surface area contributed by atoms with Gasteiger partial charge in [-0.05, 0) is 31.4 Å². The molecule has 1 aromatic heterocycles. The van der Waals surface area contributed by atoms with Crippen LogP contribution in [-0.2, 0) is 0 Å². The number of nitrogens with zero attached hydrogens (tertiary/aromatic N) is 3. The largest absolute Gasteiger partial charge is 0.383 e. The maximum absolute atomic E-state index is 12.4. The summed E-state index contributed by atoms with van der Waals surface area (Å²) in [7, 11) is 3.80. The van der Waals surface area contributed by atoms with E-state index in [1.54, 1.807) is 12.3 Å². The van der Waals surface area contributed by atoms with Gasteiger partial charge < -0.3 is 9.47 Å². The smallest absolute Gasteiger partial charge is 0.222 e. The minimum absolute atomic E-state index is 0.0261. The van der Waals surface area contributed by atoms with Gasteiger partial charge in [-0.25, -0.2) is 4.98 Å². The second kappa shape index (κ2) is 5.12. The van der Waals surface area contributed by atoms with Crippen molar-refractivity contribution in [2.45, 2.75) is 25.3 Å². The van der Waals surface area contributed by atoms with Crippen LogP contribution in [0.25, 0.3) is 11.0 Å². The number of hydrogen-bond donors (Lipinski definition) is 0. The zero-order valence-corrected chi connectivity index (χ0v) is 11.9. The van der Waals surface area contributed by atoms with Crippen LogP contribution >= 0.6 is 0 Å². The lowest BCUT2D eigenvalue weighted by molar-refractivity contribution is 0.102. The second-order valence-electron chi connectivity index (χ2n) is 5.52. The third-order valence-electron chi connectivity index (χ3n) is 3.78. The van der Waals surface area contributed by atoms with Gasteiger partial charge in [0.25, 0.3) is 0 Å². The van der Waals surface area contributed by atoms with Crippen LogP contribution in [0.1, 0.15) is 35.9 Å². The summed E-state index contributed by atoms with van der Waals surface area (Å²) in [6.07, 6.45) is 6.87. The van der Waals surface area contributed by atoms with Gasteiger partial charge in [-0.3, -0.25) is 4.79 Å². The summed E-state index contributed by atoms with van der Waals surface area (Å²) in [6, 6.07) is 8.41. The molecule has 1 aromatic carbocycles. The number of carbonyl (C=O) groups excluding carboxylic acids is 1. The fourth-order valence-electron chi connectivity index (χ4n) is 2.52. The first-order valence-electron chi connectivity index (χ1n) is 7.03. The van der Waals surface area contributed by atoms with E-state index >= 15 is 0 Å². The molecule has 1 aliphatic rings. The molecule has 0 amide bonds. The van der Waals surface area contributed by atoms with Crippen molar-refractivity contribution in [2.75, 3.05) is 14.1 Å². The van der Waals surface area contributed by atoms with Crippen LogP contribution in [0.3, 0.4) is 0 Å².